The summed E-state index contributed by atoms with van der Waals surface area (Å²) in [6.45, 7) is 1.46. The van der Waals surface area contributed by atoms with E-state index >= 15 is 0 Å². The summed E-state index contributed by atoms with van der Waals surface area (Å²) in [5.74, 6) is -0.204. The molecule has 0 unspecified atom stereocenters. The molecule has 0 bridgehead atoms. The number of H-pyrrole nitrogens is 1. The molecule has 2 aromatic carbocycles. The predicted molar refractivity (Wildman–Crippen MR) is 91.4 cm³/mol. The number of amides is 2. The summed E-state index contributed by atoms with van der Waals surface area (Å²) < 4.78 is 0. The molecule has 0 aliphatic rings. The first-order valence-electron chi connectivity index (χ1n) is 7.34. The van der Waals surface area contributed by atoms with Gasteiger partial charge in [0, 0.05) is 30.0 Å². The maximum Gasteiger partial charge on any atom is 0.228 e. The summed E-state index contributed by atoms with van der Waals surface area (Å²) >= 11 is 0. The van der Waals surface area contributed by atoms with Gasteiger partial charge < -0.3 is 15.6 Å². The molecule has 1 heterocycles. The summed E-state index contributed by atoms with van der Waals surface area (Å²) in [7, 11) is 0. The monoisotopic (exact) mass is 307 g/mol. The fourth-order valence-electron chi connectivity index (χ4n) is 2.44. The number of carbonyl (C=O) groups excluding carboxylic acids is 2. The number of rotatable bonds is 4. The summed E-state index contributed by atoms with van der Waals surface area (Å²) in [5, 5.41) is 6.66. The molecule has 2 amide bonds. The van der Waals surface area contributed by atoms with E-state index in [0.29, 0.717) is 17.8 Å². The molecular weight excluding hydrogens is 290 g/mol. The lowest BCUT2D eigenvalue weighted by Crippen LogP contribution is -2.14. The van der Waals surface area contributed by atoms with E-state index in [0.717, 1.165) is 16.5 Å². The third-order valence-electron chi connectivity index (χ3n) is 3.47. The van der Waals surface area contributed by atoms with Crippen LogP contribution in [0.15, 0.2) is 54.7 Å². The van der Waals surface area contributed by atoms with Crippen LogP contribution in [0.1, 0.15) is 12.5 Å². The standard InChI is InChI=1S/C18H17N3O2/c1-12(22)20-15-4-6-16(7-5-15)21-18(23)11-13-2-3-14-8-9-19-17(14)10-13/h2-10,19H,11H2,1H3,(H,20,22)(H,21,23). The van der Waals surface area contributed by atoms with Crippen molar-refractivity contribution >= 4 is 34.1 Å². The van der Waals surface area contributed by atoms with Gasteiger partial charge in [0.1, 0.15) is 0 Å². The zero-order chi connectivity index (χ0) is 16.2. The number of nitrogens with one attached hydrogen (secondary N) is 3. The molecule has 0 spiro atoms. The van der Waals surface area contributed by atoms with Crippen LogP contribution in [0, 0.1) is 0 Å². The van der Waals surface area contributed by atoms with Gasteiger partial charge in [-0.2, -0.15) is 0 Å². The van der Waals surface area contributed by atoms with Crippen LogP contribution >= 0.6 is 0 Å². The molecular formula is C18H17N3O2. The van der Waals surface area contributed by atoms with Crippen LogP contribution in [0.5, 0.6) is 0 Å². The largest absolute Gasteiger partial charge is 0.361 e. The average molecular weight is 307 g/mol. The molecule has 0 aliphatic heterocycles. The van der Waals surface area contributed by atoms with Crippen molar-refractivity contribution in [2.45, 2.75) is 13.3 Å². The lowest BCUT2D eigenvalue weighted by Gasteiger charge is -2.07. The fraction of sp³-hybridized carbons (Fsp3) is 0.111. The van der Waals surface area contributed by atoms with E-state index < -0.39 is 0 Å². The molecule has 5 nitrogen and oxygen atoms in total. The third-order valence-corrected chi connectivity index (χ3v) is 3.47. The molecule has 3 rings (SSSR count). The predicted octanol–water partition coefficient (Wildman–Crippen LogP) is 3.31. The Kier molecular flexibility index (Phi) is 4.10. The number of anilines is 2. The van der Waals surface area contributed by atoms with Gasteiger partial charge in [0.25, 0.3) is 0 Å². The van der Waals surface area contributed by atoms with Crippen molar-refractivity contribution in [3.63, 3.8) is 0 Å². The molecule has 23 heavy (non-hydrogen) atoms. The van der Waals surface area contributed by atoms with Gasteiger partial charge in [0.2, 0.25) is 11.8 Å². The van der Waals surface area contributed by atoms with E-state index in [1.165, 1.54) is 6.92 Å². The topological polar surface area (TPSA) is 74.0 Å². The molecule has 0 saturated carbocycles. The maximum atomic E-state index is 12.1. The van der Waals surface area contributed by atoms with E-state index in [1.54, 1.807) is 24.3 Å². The Morgan fingerprint density at radius 1 is 0.957 bits per heavy atom. The van der Waals surface area contributed by atoms with Crippen LogP contribution < -0.4 is 10.6 Å². The van der Waals surface area contributed by atoms with E-state index in [-0.39, 0.29) is 11.8 Å². The van der Waals surface area contributed by atoms with Gasteiger partial charge in [0.15, 0.2) is 0 Å². The highest BCUT2D eigenvalue weighted by atomic mass is 16.2. The van der Waals surface area contributed by atoms with Gasteiger partial charge >= 0.3 is 0 Å². The maximum absolute atomic E-state index is 12.1. The van der Waals surface area contributed by atoms with Gasteiger partial charge in [-0.15, -0.1) is 0 Å². The quantitative estimate of drug-likeness (QED) is 0.692. The van der Waals surface area contributed by atoms with Crippen molar-refractivity contribution in [1.82, 2.24) is 4.98 Å². The SMILES string of the molecule is CC(=O)Nc1ccc(NC(=O)Cc2ccc3cc[nH]c3c2)cc1. The molecule has 1 aromatic heterocycles. The van der Waals surface area contributed by atoms with Crippen molar-refractivity contribution in [2.24, 2.45) is 0 Å². The minimum atomic E-state index is -0.124. The molecule has 0 aliphatic carbocycles. The number of hydrogen-bond donors (Lipinski definition) is 3. The Balaban J connectivity index is 1.63. The zero-order valence-electron chi connectivity index (χ0n) is 12.7. The number of fused-ring (bicyclic) bond motifs is 1. The van der Waals surface area contributed by atoms with Crippen LogP contribution in [-0.2, 0) is 16.0 Å². The van der Waals surface area contributed by atoms with E-state index in [2.05, 4.69) is 15.6 Å². The van der Waals surface area contributed by atoms with Crippen LogP contribution in [0.2, 0.25) is 0 Å². The number of aromatic amines is 1. The van der Waals surface area contributed by atoms with Crippen LogP contribution in [0.4, 0.5) is 11.4 Å². The lowest BCUT2D eigenvalue weighted by atomic mass is 10.1. The van der Waals surface area contributed by atoms with Crippen molar-refractivity contribution in [3.8, 4) is 0 Å². The molecule has 116 valence electrons. The van der Waals surface area contributed by atoms with Crippen molar-refractivity contribution in [2.75, 3.05) is 10.6 Å². The second-order valence-corrected chi connectivity index (χ2v) is 5.38. The lowest BCUT2D eigenvalue weighted by molar-refractivity contribution is -0.116. The molecule has 0 radical (unpaired) electrons. The minimum Gasteiger partial charge on any atom is -0.361 e. The number of benzene rings is 2. The normalized spacial score (nSPS) is 10.5. The third kappa shape index (κ3) is 3.77. The van der Waals surface area contributed by atoms with E-state index in [4.69, 9.17) is 0 Å². The molecule has 3 N–H and O–H groups in total. The van der Waals surface area contributed by atoms with Gasteiger partial charge in [-0.05, 0) is 47.3 Å². The first-order chi connectivity index (χ1) is 11.1. The Bertz CT molecular complexity index is 850. The molecule has 0 saturated heterocycles. The number of aromatic nitrogens is 1. The summed E-state index contributed by atoms with van der Waals surface area (Å²) in [6.07, 6.45) is 2.19. The molecule has 3 aromatic rings. The van der Waals surface area contributed by atoms with Gasteiger partial charge in [0.05, 0.1) is 6.42 Å². The van der Waals surface area contributed by atoms with Crippen molar-refractivity contribution in [3.05, 3.63) is 60.3 Å². The highest BCUT2D eigenvalue weighted by molar-refractivity contribution is 5.94. The minimum absolute atomic E-state index is 0.0804. The van der Waals surface area contributed by atoms with Crippen LogP contribution in [0.3, 0.4) is 0 Å². The fourth-order valence-corrected chi connectivity index (χ4v) is 2.44. The average Bonchev–Trinajstić information content (AvgIpc) is 2.96. The first-order valence-corrected chi connectivity index (χ1v) is 7.34. The second-order valence-electron chi connectivity index (χ2n) is 5.38. The number of hydrogen-bond acceptors (Lipinski definition) is 2. The Labute approximate surface area is 133 Å². The van der Waals surface area contributed by atoms with Crippen molar-refractivity contribution in [1.29, 1.82) is 0 Å². The Morgan fingerprint density at radius 3 is 2.35 bits per heavy atom. The Hall–Kier alpha value is -3.08. The van der Waals surface area contributed by atoms with Gasteiger partial charge in [-0.25, -0.2) is 0 Å². The number of carbonyl (C=O) groups is 2. The molecule has 0 fully saturated rings. The van der Waals surface area contributed by atoms with Gasteiger partial charge in [-0.1, -0.05) is 12.1 Å². The smallest absolute Gasteiger partial charge is 0.228 e. The van der Waals surface area contributed by atoms with Crippen LogP contribution in [-0.4, -0.2) is 16.8 Å². The molecule has 0 atom stereocenters. The van der Waals surface area contributed by atoms with E-state index in [1.807, 2.05) is 30.5 Å². The van der Waals surface area contributed by atoms with Crippen molar-refractivity contribution < 1.29 is 9.59 Å². The molecule has 5 heteroatoms. The zero-order valence-corrected chi connectivity index (χ0v) is 12.7. The first kappa shape index (κ1) is 14.8. The highest BCUT2D eigenvalue weighted by Crippen LogP contribution is 2.16. The summed E-state index contributed by atoms with van der Waals surface area (Å²) in [4.78, 5) is 26.2. The summed E-state index contributed by atoms with van der Waals surface area (Å²) in [5.41, 5.74) is 3.38. The van der Waals surface area contributed by atoms with E-state index in [9.17, 15) is 9.59 Å². The van der Waals surface area contributed by atoms with Crippen LogP contribution in [0.25, 0.3) is 10.9 Å². The second kappa shape index (κ2) is 6.36. The van der Waals surface area contributed by atoms with Gasteiger partial charge in [-0.3, -0.25) is 9.59 Å². The Morgan fingerprint density at radius 2 is 1.65 bits per heavy atom. The highest BCUT2D eigenvalue weighted by Gasteiger charge is 2.06. The summed E-state index contributed by atoms with van der Waals surface area (Å²) in [6, 6.07) is 15.0.